The Hall–Kier alpha value is -3.07. The van der Waals surface area contributed by atoms with Crippen LogP contribution in [-0.4, -0.2) is 47.0 Å². The zero-order valence-corrected chi connectivity index (χ0v) is 18.6. The Morgan fingerprint density at radius 3 is 2.45 bits per heavy atom. The third-order valence-electron chi connectivity index (χ3n) is 4.25. The van der Waals surface area contributed by atoms with E-state index in [4.69, 9.17) is 14.2 Å². The zero-order valence-electron chi connectivity index (χ0n) is 17.8. The molecule has 8 nitrogen and oxygen atoms in total. The summed E-state index contributed by atoms with van der Waals surface area (Å²) in [6.45, 7) is 6.62. The van der Waals surface area contributed by atoms with Crippen molar-refractivity contribution in [1.82, 2.24) is 4.98 Å². The van der Waals surface area contributed by atoms with Crippen LogP contribution in [0.3, 0.4) is 0 Å². The summed E-state index contributed by atoms with van der Waals surface area (Å²) in [5.41, 5.74) is 1.45. The minimum Gasteiger partial charge on any atom is -0.459 e. The molecule has 0 radical (unpaired) electrons. The number of rotatable bonds is 2. The Bertz CT molecular complexity index is 928. The van der Waals surface area contributed by atoms with Crippen molar-refractivity contribution >= 4 is 41.1 Å². The second-order valence-electron chi connectivity index (χ2n) is 7.06. The van der Waals surface area contributed by atoms with Crippen molar-refractivity contribution in [3.05, 3.63) is 46.0 Å². The molecule has 0 spiro atoms. The first-order chi connectivity index (χ1) is 14.6. The summed E-state index contributed by atoms with van der Waals surface area (Å²) in [6.07, 6.45) is 4.08. The van der Waals surface area contributed by atoms with Gasteiger partial charge in [-0.1, -0.05) is 6.08 Å². The second kappa shape index (κ2) is 11.4. The molecule has 1 aliphatic rings. The van der Waals surface area contributed by atoms with E-state index in [1.807, 2.05) is 12.3 Å². The molecular formula is C22H25NO7S. The van der Waals surface area contributed by atoms with Crippen molar-refractivity contribution in [1.29, 1.82) is 0 Å². The molecule has 1 unspecified atom stereocenters. The lowest BCUT2D eigenvalue weighted by molar-refractivity contribution is -0.157. The first-order valence-electron chi connectivity index (χ1n) is 9.73. The van der Waals surface area contributed by atoms with Gasteiger partial charge in [-0.3, -0.25) is 9.59 Å². The maximum atomic E-state index is 12.2. The van der Waals surface area contributed by atoms with Gasteiger partial charge in [0.05, 0.1) is 17.1 Å². The molecule has 2 rings (SSSR count). The van der Waals surface area contributed by atoms with Gasteiger partial charge in [0.2, 0.25) is 0 Å². The van der Waals surface area contributed by atoms with Crippen LogP contribution in [0.4, 0.5) is 0 Å². The monoisotopic (exact) mass is 447 g/mol. The topological polar surface area (TPSA) is 109 Å². The molecule has 2 heterocycles. The van der Waals surface area contributed by atoms with Crippen molar-refractivity contribution in [2.75, 3.05) is 0 Å². The Kier molecular flexibility index (Phi) is 8.87. The number of thiazole rings is 1. The number of esters is 3. The molecule has 0 aromatic carbocycles. The summed E-state index contributed by atoms with van der Waals surface area (Å²) in [5, 5.41) is 2.79. The van der Waals surface area contributed by atoms with Gasteiger partial charge in [0.25, 0.3) is 0 Å². The van der Waals surface area contributed by atoms with E-state index in [-0.39, 0.29) is 12.8 Å². The standard InChI is InChI=1S/C22H25NO7S/c1-13(10-17-12-31-16(4)23-17)19-6-5-7-20(25)28-14(2)11-22(27)29-15(3)18(24)8-9-21(26)30-19/h5,7-10,12,14-15,19H,6,11H2,1-4H3/b7-5+,9-8+,13-10+/t14-,15+,19?/m0/s1. The predicted octanol–water partition coefficient (Wildman–Crippen LogP) is 3.11. The Labute approximate surface area is 184 Å². The summed E-state index contributed by atoms with van der Waals surface area (Å²) in [4.78, 5) is 52.6. The van der Waals surface area contributed by atoms with E-state index in [9.17, 15) is 19.2 Å². The molecule has 0 saturated carbocycles. The zero-order chi connectivity index (χ0) is 23.0. The number of nitrogens with zero attached hydrogens (tertiary/aromatic N) is 1. The molecule has 166 valence electrons. The van der Waals surface area contributed by atoms with Gasteiger partial charge in [0, 0.05) is 24.0 Å². The maximum Gasteiger partial charge on any atom is 0.331 e. The SMILES string of the molecule is C/C(=C\c1csc(C)n1)C1C/C=C/C(=O)O[C@@H](C)CC(=O)O[C@H](C)C(=O)/C=C/C(=O)O1. The number of hydrogen-bond acceptors (Lipinski definition) is 9. The third kappa shape index (κ3) is 8.29. The smallest absolute Gasteiger partial charge is 0.331 e. The van der Waals surface area contributed by atoms with Gasteiger partial charge >= 0.3 is 17.9 Å². The Morgan fingerprint density at radius 2 is 1.77 bits per heavy atom. The van der Waals surface area contributed by atoms with Gasteiger partial charge in [-0.05, 0) is 45.4 Å². The lowest BCUT2D eigenvalue weighted by atomic mass is 10.1. The maximum absolute atomic E-state index is 12.2. The van der Waals surface area contributed by atoms with Gasteiger partial charge in [-0.25, -0.2) is 14.6 Å². The van der Waals surface area contributed by atoms with Crippen LogP contribution in [0.5, 0.6) is 0 Å². The van der Waals surface area contributed by atoms with Crippen molar-refractivity contribution in [3.8, 4) is 0 Å². The van der Waals surface area contributed by atoms with Crippen molar-refractivity contribution in [3.63, 3.8) is 0 Å². The van der Waals surface area contributed by atoms with Crippen LogP contribution in [-0.2, 0) is 33.4 Å². The van der Waals surface area contributed by atoms with Crippen LogP contribution >= 0.6 is 11.3 Å². The van der Waals surface area contributed by atoms with Crippen molar-refractivity contribution < 1.29 is 33.4 Å². The van der Waals surface area contributed by atoms with E-state index in [1.165, 1.54) is 30.4 Å². The second-order valence-corrected chi connectivity index (χ2v) is 8.12. The van der Waals surface area contributed by atoms with E-state index in [2.05, 4.69) is 4.98 Å². The largest absolute Gasteiger partial charge is 0.459 e. The number of ether oxygens (including phenoxy) is 3. The van der Waals surface area contributed by atoms with Crippen LogP contribution in [0, 0.1) is 6.92 Å². The highest BCUT2D eigenvalue weighted by molar-refractivity contribution is 7.09. The van der Waals surface area contributed by atoms with Crippen LogP contribution < -0.4 is 0 Å². The quantitative estimate of drug-likeness (QED) is 0.503. The first-order valence-corrected chi connectivity index (χ1v) is 10.6. The van der Waals surface area contributed by atoms with Gasteiger partial charge in [0.15, 0.2) is 11.9 Å². The summed E-state index contributed by atoms with van der Waals surface area (Å²) < 4.78 is 15.6. The van der Waals surface area contributed by atoms with Crippen LogP contribution in [0.15, 0.2) is 35.3 Å². The molecule has 1 aromatic rings. The van der Waals surface area contributed by atoms with Crippen LogP contribution in [0.25, 0.3) is 6.08 Å². The number of aryl methyl sites for hydroxylation is 1. The summed E-state index contributed by atoms with van der Waals surface area (Å²) >= 11 is 1.50. The van der Waals surface area contributed by atoms with Gasteiger partial charge in [0.1, 0.15) is 12.2 Å². The molecule has 1 aromatic heterocycles. The molecule has 0 bridgehead atoms. The van der Waals surface area contributed by atoms with Crippen LogP contribution in [0.1, 0.15) is 44.3 Å². The highest BCUT2D eigenvalue weighted by Gasteiger charge is 2.21. The first kappa shape index (κ1) is 24.2. The lowest BCUT2D eigenvalue weighted by Crippen LogP contribution is -2.26. The fourth-order valence-electron chi connectivity index (χ4n) is 2.67. The highest BCUT2D eigenvalue weighted by atomic mass is 32.1. The van der Waals surface area contributed by atoms with Crippen molar-refractivity contribution in [2.24, 2.45) is 0 Å². The summed E-state index contributed by atoms with van der Waals surface area (Å²) in [5.74, 6) is -2.64. The number of hydrogen-bond donors (Lipinski definition) is 0. The predicted molar refractivity (Wildman–Crippen MR) is 114 cm³/mol. The molecule has 1 aliphatic heterocycles. The molecule has 0 saturated heterocycles. The number of aromatic nitrogens is 1. The van der Waals surface area contributed by atoms with E-state index in [0.717, 1.165) is 22.9 Å². The Morgan fingerprint density at radius 1 is 1.06 bits per heavy atom. The van der Waals surface area contributed by atoms with Crippen molar-refractivity contribution in [2.45, 2.75) is 58.8 Å². The average molecular weight is 448 g/mol. The summed E-state index contributed by atoms with van der Waals surface area (Å²) in [6, 6.07) is 0. The van der Waals surface area contributed by atoms with E-state index >= 15 is 0 Å². The number of carbonyl (C=O) groups excluding carboxylic acids is 4. The average Bonchev–Trinajstić information content (AvgIpc) is 3.08. The van der Waals surface area contributed by atoms with Gasteiger partial charge in [-0.15, -0.1) is 11.3 Å². The van der Waals surface area contributed by atoms with E-state index < -0.39 is 42.0 Å². The molecule has 0 fully saturated rings. The molecule has 0 amide bonds. The number of cyclic esters (lactones) is 3. The number of ketones is 1. The Balaban J connectivity index is 2.25. The lowest BCUT2D eigenvalue weighted by Gasteiger charge is -2.17. The third-order valence-corrected chi connectivity index (χ3v) is 5.04. The minimum absolute atomic E-state index is 0.194. The highest BCUT2D eigenvalue weighted by Crippen LogP contribution is 2.18. The van der Waals surface area contributed by atoms with E-state index in [0.29, 0.717) is 5.57 Å². The minimum atomic E-state index is -1.09. The molecular weight excluding hydrogens is 422 g/mol. The number of carbonyl (C=O) groups is 4. The molecule has 3 atom stereocenters. The van der Waals surface area contributed by atoms with E-state index in [1.54, 1.807) is 19.9 Å². The molecule has 31 heavy (non-hydrogen) atoms. The molecule has 0 N–H and O–H groups in total. The summed E-state index contributed by atoms with van der Waals surface area (Å²) in [7, 11) is 0. The fourth-order valence-corrected chi connectivity index (χ4v) is 3.24. The van der Waals surface area contributed by atoms with Gasteiger partial charge in [-0.2, -0.15) is 0 Å². The fraction of sp³-hybridized carbons (Fsp3) is 0.409. The normalized spacial score (nSPS) is 26.6. The molecule has 9 heteroatoms. The van der Waals surface area contributed by atoms with Crippen LogP contribution in [0.2, 0.25) is 0 Å². The van der Waals surface area contributed by atoms with Gasteiger partial charge < -0.3 is 14.2 Å². The molecule has 0 aliphatic carbocycles.